The summed E-state index contributed by atoms with van der Waals surface area (Å²) in [5, 5.41) is 8.87. The molecule has 152 valence electrons. The zero-order valence-electron chi connectivity index (χ0n) is 16.7. The molecule has 1 saturated carbocycles. The fraction of sp³-hybridized carbons (Fsp3) is 0.619. The number of carbonyl (C=O) groups excluding carboxylic acids is 1. The van der Waals surface area contributed by atoms with Crippen LogP contribution in [0.3, 0.4) is 0 Å². The van der Waals surface area contributed by atoms with Gasteiger partial charge in [-0.1, -0.05) is 6.92 Å². The number of carbonyl (C=O) groups is 1. The minimum Gasteiger partial charge on any atom is -0.343 e. The lowest BCUT2D eigenvalue weighted by molar-refractivity contribution is -0.138. The maximum Gasteiger partial charge on any atom is 0.243 e. The normalized spacial score (nSPS) is 24.5. The largest absolute Gasteiger partial charge is 0.343 e. The third-order valence-electron chi connectivity index (χ3n) is 6.31. The van der Waals surface area contributed by atoms with Gasteiger partial charge in [-0.15, -0.1) is 0 Å². The molecule has 28 heavy (non-hydrogen) atoms. The molecule has 0 radical (unpaired) electrons. The zero-order chi connectivity index (χ0) is 20.3. The first-order valence-corrected chi connectivity index (χ1v) is 11.5. The van der Waals surface area contributed by atoms with E-state index in [-0.39, 0.29) is 16.7 Å². The van der Waals surface area contributed by atoms with E-state index in [0.717, 1.165) is 18.8 Å². The van der Waals surface area contributed by atoms with Crippen LogP contribution in [0.1, 0.15) is 51.0 Å². The fourth-order valence-electron chi connectivity index (χ4n) is 4.29. The van der Waals surface area contributed by atoms with E-state index in [0.29, 0.717) is 37.5 Å². The Hall–Kier alpha value is -1.91. The van der Waals surface area contributed by atoms with Crippen molar-refractivity contribution in [2.24, 2.45) is 11.8 Å². The molecule has 1 aromatic carbocycles. The smallest absolute Gasteiger partial charge is 0.243 e. The van der Waals surface area contributed by atoms with Crippen LogP contribution in [-0.2, 0) is 14.8 Å². The van der Waals surface area contributed by atoms with Crippen molar-refractivity contribution in [2.45, 2.75) is 56.4 Å². The highest BCUT2D eigenvalue weighted by Gasteiger charge is 2.35. The van der Waals surface area contributed by atoms with Crippen molar-refractivity contribution in [3.63, 3.8) is 0 Å². The lowest BCUT2D eigenvalue weighted by Crippen LogP contribution is -2.46. The Morgan fingerprint density at radius 2 is 1.64 bits per heavy atom. The van der Waals surface area contributed by atoms with Crippen LogP contribution >= 0.6 is 0 Å². The summed E-state index contributed by atoms with van der Waals surface area (Å²) in [7, 11) is -1.68. The summed E-state index contributed by atoms with van der Waals surface area (Å²) in [6.07, 6.45) is 5.58. The van der Waals surface area contributed by atoms with Gasteiger partial charge in [-0.3, -0.25) is 4.79 Å². The molecule has 6 nitrogen and oxygen atoms in total. The SMILES string of the molecule is CC1CCC(N(C)C(=O)C2CCN(S(=O)(=O)c3ccc(C#N)cc3)CC2)CC1. The first kappa shape index (κ1) is 20.8. The average molecular weight is 404 g/mol. The molecule has 2 aliphatic rings. The molecule has 2 fully saturated rings. The van der Waals surface area contributed by atoms with E-state index >= 15 is 0 Å². The summed E-state index contributed by atoms with van der Waals surface area (Å²) in [4.78, 5) is 15.0. The van der Waals surface area contributed by atoms with E-state index in [9.17, 15) is 13.2 Å². The maximum atomic E-state index is 12.9. The van der Waals surface area contributed by atoms with Crippen molar-refractivity contribution >= 4 is 15.9 Å². The molecule has 3 rings (SSSR count). The van der Waals surface area contributed by atoms with Crippen LogP contribution < -0.4 is 0 Å². The minimum atomic E-state index is -3.58. The monoisotopic (exact) mass is 403 g/mol. The number of piperidine rings is 1. The molecule has 0 bridgehead atoms. The molecule has 0 spiro atoms. The molecule has 1 aliphatic heterocycles. The van der Waals surface area contributed by atoms with Gasteiger partial charge in [0.2, 0.25) is 15.9 Å². The van der Waals surface area contributed by atoms with E-state index < -0.39 is 10.0 Å². The lowest BCUT2D eigenvalue weighted by atomic mass is 9.86. The highest BCUT2D eigenvalue weighted by Crippen LogP contribution is 2.30. The second-order valence-corrected chi connectivity index (χ2v) is 10.1. The predicted octanol–water partition coefficient (Wildman–Crippen LogP) is 3.00. The Balaban J connectivity index is 1.58. The minimum absolute atomic E-state index is 0.100. The van der Waals surface area contributed by atoms with Crippen molar-refractivity contribution in [3.8, 4) is 6.07 Å². The summed E-state index contributed by atoms with van der Waals surface area (Å²) in [6.45, 7) is 2.98. The Labute approximate surface area is 168 Å². The van der Waals surface area contributed by atoms with E-state index in [4.69, 9.17) is 5.26 Å². The zero-order valence-corrected chi connectivity index (χ0v) is 17.5. The maximum absolute atomic E-state index is 12.9. The topological polar surface area (TPSA) is 81.5 Å². The summed E-state index contributed by atoms with van der Waals surface area (Å²) >= 11 is 0. The van der Waals surface area contributed by atoms with Gasteiger partial charge in [0, 0.05) is 32.1 Å². The van der Waals surface area contributed by atoms with E-state index in [1.165, 1.54) is 41.4 Å². The van der Waals surface area contributed by atoms with Gasteiger partial charge in [-0.05, 0) is 68.7 Å². The summed E-state index contributed by atoms with van der Waals surface area (Å²) in [5.41, 5.74) is 0.434. The van der Waals surface area contributed by atoms with Crippen molar-refractivity contribution in [2.75, 3.05) is 20.1 Å². The lowest BCUT2D eigenvalue weighted by Gasteiger charge is -2.37. The van der Waals surface area contributed by atoms with Crippen molar-refractivity contribution in [1.29, 1.82) is 5.26 Å². The third-order valence-corrected chi connectivity index (χ3v) is 8.22. The van der Waals surface area contributed by atoms with Crippen molar-refractivity contribution in [1.82, 2.24) is 9.21 Å². The summed E-state index contributed by atoms with van der Waals surface area (Å²) < 4.78 is 27.1. The van der Waals surface area contributed by atoms with E-state index in [2.05, 4.69) is 6.92 Å². The average Bonchev–Trinajstić information content (AvgIpc) is 2.73. The highest BCUT2D eigenvalue weighted by molar-refractivity contribution is 7.89. The first-order chi connectivity index (χ1) is 13.3. The van der Waals surface area contributed by atoms with Gasteiger partial charge in [-0.25, -0.2) is 8.42 Å². The molecule has 1 saturated heterocycles. The number of nitriles is 1. The van der Waals surface area contributed by atoms with E-state index in [1.54, 1.807) is 0 Å². The number of sulfonamides is 1. The first-order valence-electron chi connectivity index (χ1n) is 10.1. The Morgan fingerprint density at radius 1 is 1.07 bits per heavy atom. The molecule has 0 N–H and O–H groups in total. The number of hydrogen-bond acceptors (Lipinski definition) is 4. The fourth-order valence-corrected chi connectivity index (χ4v) is 5.76. The molecular weight excluding hydrogens is 374 g/mol. The highest BCUT2D eigenvalue weighted by atomic mass is 32.2. The molecule has 0 aromatic heterocycles. The Morgan fingerprint density at radius 3 is 2.18 bits per heavy atom. The standard InChI is InChI=1S/C21H29N3O3S/c1-16-3-7-19(8-4-16)23(2)21(25)18-11-13-24(14-12-18)28(26,27)20-9-5-17(15-22)6-10-20/h5-6,9-10,16,18-19H,3-4,7-8,11-14H2,1-2H3. The van der Waals surface area contributed by atoms with Crippen LogP contribution in [0.4, 0.5) is 0 Å². The number of amides is 1. The van der Waals surface area contributed by atoms with Gasteiger partial charge in [0.25, 0.3) is 0 Å². The molecule has 1 aliphatic carbocycles. The molecular formula is C21H29N3O3S. The van der Waals surface area contributed by atoms with Gasteiger partial charge in [0.1, 0.15) is 0 Å². The molecule has 1 amide bonds. The summed E-state index contributed by atoms with van der Waals surface area (Å²) in [5.74, 6) is 0.808. The van der Waals surface area contributed by atoms with Crippen molar-refractivity contribution < 1.29 is 13.2 Å². The van der Waals surface area contributed by atoms with Gasteiger partial charge < -0.3 is 4.90 Å². The van der Waals surface area contributed by atoms with Gasteiger partial charge in [0.15, 0.2) is 0 Å². The Kier molecular flexibility index (Phi) is 6.41. The van der Waals surface area contributed by atoms with Gasteiger partial charge >= 0.3 is 0 Å². The van der Waals surface area contributed by atoms with Gasteiger partial charge in [-0.2, -0.15) is 9.57 Å². The Bertz CT molecular complexity index is 829. The number of rotatable bonds is 4. The van der Waals surface area contributed by atoms with Crippen LogP contribution in [0.5, 0.6) is 0 Å². The number of nitrogens with zero attached hydrogens (tertiary/aromatic N) is 3. The molecule has 1 aromatic rings. The third kappa shape index (κ3) is 4.39. The predicted molar refractivity (Wildman–Crippen MR) is 107 cm³/mol. The molecule has 0 unspecified atom stereocenters. The van der Waals surface area contributed by atoms with Crippen LogP contribution in [0.2, 0.25) is 0 Å². The van der Waals surface area contributed by atoms with Gasteiger partial charge in [0.05, 0.1) is 16.5 Å². The molecule has 7 heteroatoms. The molecule has 0 atom stereocenters. The van der Waals surface area contributed by atoms with Crippen LogP contribution in [-0.4, -0.2) is 49.7 Å². The number of hydrogen-bond donors (Lipinski definition) is 0. The summed E-state index contributed by atoms with van der Waals surface area (Å²) in [6, 6.07) is 8.30. The van der Waals surface area contributed by atoms with Crippen LogP contribution in [0, 0.1) is 23.2 Å². The molecule has 1 heterocycles. The van der Waals surface area contributed by atoms with Crippen LogP contribution in [0.15, 0.2) is 29.2 Å². The van der Waals surface area contributed by atoms with Crippen LogP contribution in [0.25, 0.3) is 0 Å². The second-order valence-electron chi connectivity index (χ2n) is 8.18. The van der Waals surface area contributed by atoms with E-state index in [1.807, 2.05) is 18.0 Å². The van der Waals surface area contributed by atoms with Crippen molar-refractivity contribution in [3.05, 3.63) is 29.8 Å². The number of benzene rings is 1. The quantitative estimate of drug-likeness (QED) is 0.774. The second kappa shape index (κ2) is 8.62.